The van der Waals surface area contributed by atoms with E-state index in [1.54, 1.807) is 0 Å². The van der Waals surface area contributed by atoms with E-state index in [4.69, 9.17) is 0 Å². The van der Waals surface area contributed by atoms with Gasteiger partial charge in [-0.25, -0.2) is 0 Å². The maximum Gasteiger partial charge on any atom is 0.225 e. The van der Waals surface area contributed by atoms with E-state index >= 15 is 0 Å². The molecule has 1 aliphatic heterocycles. The first-order valence-corrected chi connectivity index (χ1v) is 6.61. The summed E-state index contributed by atoms with van der Waals surface area (Å²) in [6, 6.07) is 0. The number of fused-ring (bicyclic) bond motifs is 1. The predicted octanol–water partition coefficient (Wildman–Crippen LogP) is 0.729. The van der Waals surface area contributed by atoms with Gasteiger partial charge < -0.3 is 10.0 Å². The Morgan fingerprint density at radius 2 is 2.12 bits per heavy atom. The number of ketones is 1. The van der Waals surface area contributed by atoms with Crippen molar-refractivity contribution in [3.05, 3.63) is 0 Å². The van der Waals surface area contributed by atoms with Crippen molar-refractivity contribution in [2.24, 2.45) is 11.8 Å². The highest BCUT2D eigenvalue weighted by Gasteiger charge is 2.47. The van der Waals surface area contributed by atoms with Crippen LogP contribution in [0.1, 0.15) is 38.5 Å². The van der Waals surface area contributed by atoms with Crippen molar-refractivity contribution in [2.45, 2.75) is 44.1 Å². The van der Waals surface area contributed by atoms with Gasteiger partial charge in [-0.1, -0.05) is 0 Å². The molecule has 17 heavy (non-hydrogen) atoms. The minimum absolute atomic E-state index is 0.0759. The van der Waals surface area contributed by atoms with Gasteiger partial charge in [-0.2, -0.15) is 0 Å². The fourth-order valence-corrected chi connectivity index (χ4v) is 3.20. The molecule has 0 bridgehead atoms. The fraction of sp³-hybridized carbons (Fsp3) is 0.846. The van der Waals surface area contributed by atoms with Crippen molar-refractivity contribution in [1.82, 2.24) is 4.90 Å². The Labute approximate surface area is 101 Å². The summed E-state index contributed by atoms with van der Waals surface area (Å²) in [5.41, 5.74) is -0.795. The van der Waals surface area contributed by atoms with Gasteiger partial charge in [0.25, 0.3) is 0 Å². The lowest BCUT2D eigenvalue weighted by Gasteiger charge is -2.47. The van der Waals surface area contributed by atoms with Gasteiger partial charge in [0.1, 0.15) is 5.78 Å². The molecule has 1 heterocycles. The molecule has 3 rings (SSSR count). The molecule has 0 aromatic rings. The van der Waals surface area contributed by atoms with Gasteiger partial charge >= 0.3 is 0 Å². The van der Waals surface area contributed by atoms with Crippen LogP contribution in [-0.4, -0.2) is 40.4 Å². The van der Waals surface area contributed by atoms with E-state index in [0.717, 1.165) is 25.8 Å². The third-order valence-electron chi connectivity index (χ3n) is 4.52. The maximum absolute atomic E-state index is 12.0. The van der Waals surface area contributed by atoms with Crippen molar-refractivity contribution in [3.63, 3.8) is 0 Å². The molecule has 4 heteroatoms. The predicted molar refractivity (Wildman–Crippen MR) is 61.2 cm³/mol. The summed E-state index contributed by atoms with van der Waals surface area (Å²) < 4.78 is 0. The Morgan fingerprint density at radius 3 is 2.82 bits per heavy atom. The fourth-order valence-electron chi connectivity index (χ4n) is 3.20. The third kappa shape index (κ3) is 1.99. The topological polar surface area (TPSA) is 57.6 Å². The number of carbonyl (C=O) groups is 2. The number of β-amino-alcohol motifs (C(OH)–C–C–N with tert-alkyl or cyclic N) is 1. The molecule has 4 nitrogen and oxygen atoms in total. The zero-order chi connectivity index (χ0) is 12.0. The number of hydrogen-bond acceptors (Lipinski definition) is 3. The first kappa shape index (κ1) is 11.2. The van der Waals surface area contributed by atoms with Gasteiger partial charge in [-0.05, 0) is 31.6 Å². The number of rotatable bonds is 1. The molecule has 1 N–H and O–H groups in total. The summed E-state index contributed by atoms with van der Waals surface area (Å²) in [4.78, 5) is 25.2. The maximum atomic E-state index is 12.0. The monoisotopic (exact) mass is 237 g/mol. The summed E-state index contributed by atoms with van der Waals surface area (Å²) in [5, 5.41) is 10.6. The van der Waals surface area contributed by atoms with Crippen LogP contribution in [0.15, 0.2) is 0 Å². The lowest BCUT2D eigenvalue weighted by molar-refractivity contribution is -0.152. The molecule has 3 fully saturated rings. The molecule has 1 saturated heterocycles. The van der Waals surface area contributed by atoms with Crippen LogP contribution in [-0.2, 0) is 9.59 Å². The van der Waals surface area contributed by atoms with E-state index in [1.807, 2.05) is 4.90 Å². The number of Topliss-reactive ketones (excluding diaryl/α,β-unsaturated/α-hetero) is 1. The van der Waals surface area contributed by atoms with E-state index in [9.17, 15) is 14.7 Å². The Bertz CT molecular complexity index is 364. The van der Waals surface area contributed by atoms with Gasteiger partial charge in [-0.3, -0.25) is 9.59 Å². The van der Waals surface area contributed by atoms with E-state index in [1.165, 1.54) is 0 Å². The average Bonchev–Trinajstić information content (AvgIpc) is 3.12. The largest absolute Gasteiger partial charge is 0.388 e. The summed E-state index contributed by atoms with van der Waals surface area (Å²) in [7, 11) is 0. The lowest BCUT2D eigenvalue weighted by Crippen LogP contribution is -2.57. The molecule has 94 valence electrons. The van der Waals surface area contributed by atoms with Crippen LogP contribution < -0.4 is 0 Å². The van der Waals surface area contributed by atoms with Gasteiger partial charge in [0, 0.05) is 31.8 Å². The zero-order valence-electron chi connectivity index (χ0n) is 10.0. The molecular weight excluding hydrogens is 218 g/mol. The van der Waals surface area contributed by atoms with E-state index in [-0.39, 0.29) is 23.5 Å². The number of carbonyl (C=O) groups excluding carboxylic acids is 2. The van der Waals surface area contributed by atoms with Crippen LogP contribution in [0.5, 0.6) is 0 Å². The lowest BCUT2D eigenvalue weighted by atomic mass is 9.71. The van der Waals surface area contributed by atoms with Crippen LogP contribution in [0.2, 0.25) is 0 Å². The second kappa shape index (κ2) is 3.80. The molecule has 0 unspecified atom stereocenters. The van der Waals surface area contributed by atoms with Crippen molar-refractivity contribution >= 4 is 11.7 Å². The van der Waals surface area contributed by atoms with Crippen LogP contribution in [0.25, 0.3) is 0 Å². The second-order valence-corrected chi connectivity index (χ2v) is 5.87. The summed E-state index contributed by atoms with van der Waals surface area (Å²) in [6.07, 6.45) is 4.30. The highest BCUT2D eigenvalue weighted by atomic mass is 16.3. The van der Waals surface area contributed by atoms with Crippen LogP contribution in [0.4, 0.5) is 0 Å². The number of hydrogen-bond donors (Lipinski definition) is 1. The molecule has 2 aliphatic carbocycles. The Kier molecular flexibility index (Phi) is 2.51. The average molecular weight is 237 g/mol. The first-order valence-electron chi connectivity index (χ1n) is 6.61. The molecular formula is C13H19NO3. The van der Waals surface area contributed by atoms with Crippen molar-refractivity contribution in [1.29, 1.82) is 0 Å². The number of likely N-dealkylation sites (tertiary alicyclic amines) is 1. The van der Waals surface area contributed by atoms with Gasteiger partial charge in [-0.15, -0.1) is 0 Å². The number of nitrogens with zero attached hydrogens (tertiary/aromatic N) is 1. The molecule has 0 radical (unpaired) electrons. The molecule has 2 atom stereocenters. The van der Waals surface area contributed by atoms with Crippen molar-refractivity contribution in [2.75, 3.05) is 13.1 Å². The SMILES string of the molecule is O=C1CC[C@@]2(O)CN(C(=O)C3CC3)CC[C@H]2C1. The molecule has 3 aliphatic rings. The van der Waals surface area contributed by atoms with Gasteiger partial charge in [0.05, 0.1) is 5.60 Å². The molecule has 2 saturated carbocycles. The van der Waals surface area contributed by atoms with Crippen LogP contribution in [0.3, 0.4) is 0 Å². The Morgan fingerprint density at radius 1 is 1.35 bits per heavy atom. The third-order valence-corrected chi connectivity index (χ3v) is 4.52. The second-order valence-electron chi connectivity index (χ2n) is 5.87. The van der Waals surface area contributed by atoms with E-state index in [2.05, 4.69) is 0 Å². The minimum atomic E-state index is -0.795. The van der Waals surface area contributed by atoms with Gasteiger partial charge in [0.2, 0.25) is 5.91 Å². The van der Waals surface area contributed by atoms with E-state index < -0.39 is 5.60 Å². The zero-order valence-corrected chi connectivity index (χ0v) is 10.0. The first-order chi connectivity index (χ1) is 8.08. The molecule has 1 amide bonds. The van der Waals surface area contributed by atoms with Crippen LogP contribution in [0, 0.1) is 11.8 Å². The number of aliphatic hydroxyl groups is 1. The smallest absolute Gasteiger partial charge is 0.225 e. The van der Waals surface area contributed by atoms with Crippen molar-refractivity contribution < 1.29 is 14.7 Å². The summed E-state index contributed by atoms with van der Waals surface area (Å²) in [6.45, 7) is 1.16. The van der Waals surface area contributed by atoms with Crippen molar-refractivity contribution in [3.8, 4) is 0 Å². The normalized spacial score (nSPS) is 37.8. The van der Waals surface area contributed by atoms with Gasteiger partial charge in [0.15, 0.2) is 0 Å². The molecule has 0 aromatic heterocycles. The Hall–Kier alpha value is -0.900. The molecule has 0 aromatic carbocycles. The highest BCUT2D eigenvalue weighted by Crippen LogP contribution is 2.40. The highest BCUT2D eigenvalue weighted by molar-refractivity contribution is 5.82. The number of amides is 1. The Balaban J connectivity index is 1.70. The molecule has 0 spiro atoms. The quantitative estimate of drug-likeness (QED) is 0.731. The minimum Gasteiger partial charge on any atom is -0.388 e. The van der Waals surface area contributed by atoms with E-state index in [0.29, 0.717) is 25.8 Å². The standard InChI is InChI=1S/C13H19NO3/c15-11-3-5-13(17)8-14(6-4-10(13)7-11)12(16)9-1-2-9/h9-10,17H,1-8H2/t10-,13+/m0/s1. The summed E-state index contributed by atoms with van der Waals surface area (Å²) >= 11 is 0. The number of piperidine rings is 1. The van der Waals surface area contributed by atoms with Crippen LogP contribution >= 0.6 is 0 Å². The summed E-state index contributed by atoms with van der Waals surface area (Å²) in [5.74, 6) is 0.780.